The second kappa shape index (κ2) is 10.5. The van der Waals surface area contributed by atoms with E-state index >= 15 is 0 Å². The lowest BCUT2D eigenvalue weighted by molar-refractivity contribution is 0.0527. The van der Waals surface area contributed by atoms with Gasteiger partial charge in [0, 0.05) is 12.5 Å². The third-order valence-electron chi connectivity index (χ3n) is 6.00. The van der Waals surface area contributed by atoms with Gasteiger partial charge in [0.05, 0.1) is 12.8 Å². The molecule has 8 heteroatoms. The van der Waals surface area contributed by atoms with Gasteiger partial charge in [0.25, 0.3) is 5.91 Å². The number of furan rings is 1. The summed E-state index contributed by atoms with van der Waals surface area (Å²) < 4.78 is 17.9. The Hall–Kier alpha value is -4.33. The van der Waals surface area contributed by atoms with Gasteiger partial charge in [-0.3, -0.25) is 9.48 Å². The van der Waals surface area contributed by atoms with Crippen molar-refractivity contribution in [2.24, 2.45) is 7.05 Å². The van der Waals surface area contributed by atoms with E-state index in [1.165, 1.54) is 22.0 Å². The number of aromatic nitrogens is 2. The monoisotopic (exact) mass is 487 g/mol. The maximum Gasteiger partial charge on any atom is 0.343 e. The number of anilines is 1. The third-order valence-corrected chi connectivity index (χ3v) is 6.00. The minimum absolute atomic E-state index is 0.0876. The molecule has 4 rings (SSSR count). The van der Waals surface area contributed by atoms with E-state index in [0.29, 0.717) is 11.5 Å². The number of ether oxygens (including phenoxy) is 2. The number of carbonyl (C=O) groups is 2. The highest BCUT2D eigenvalue weighted by molar-refractivity contribution is 6.05. The third kappa shape index (κ3) is 5.33. The summed E-state index contributed by atoms with van der Waals surface area (Å²) in [6, 6.07) is 21.5. The van der Waals surface area contributed by atoms with Crippen LogP contribution in [0.25, 0.3) is 0 Å². The van der Waals surface area contributed by atoms with Gasteiger partial charge in [0.1, 0.15) is 29.5 Å². The Labute approximate surface area is 209 Å². The minimum Gasteiger partial charge on any atom is -0.486 e. The molecule has 0 atom stereocenters. The van der Waals surface area contributed by atoms with Crippen molar-refractivity contribution in [3.8, 4) is 5.75 Å². The second-order valence-corrected chi connectivity index (χ2v) is 8.78. The number of hydrogen-bond donors (Lipinski definition) is 1. The summed E-state index contributed by atoms with van der Waals surface area (Å²) in [6.07, 6.45) is 1.35. The number of amides is 1. The molecule has 0 saturated carbocycles. The van der Waals surface area contributed by atoms with Crippen molar-refractivity contribution >= 4 is 17.7 Å². The average Bonchev–Trinajstić information content (AvgIpc) is 3.51. The summed E-state index contributed by atoms with van der Waals surface area (Å²) in [4.78, 5) is 24.8. The number of rotatable bonds is 9. The molecule has 0 bridgehead atoms. The molecule has 1 N–H and O–H groups in total. The van der Waals surface area contributed by atoms with Gasteiger partial charge in [-0.25, -0.2) is 4.79 Å². The molecule has 0 aliphatic carbocycles. The van der Waals surface area contributed by atoms with Crippen LogP contribution in [-0.2, 0) is 23.8 Å². The van der Waals surface area contributed by atoms with Crippen LogP contribution in [-0.4, -0.2) is 28.3 Å². The lowest BCUT2D eigenvalue weighted by atomic mass is 9.78. The summed E-state index contributed by atoms with van der Waals surface area (Å²) in [5.41, 5.74) is 2.45. The molecule has 0 radical (unpaired) electrons. The molecule has 2 aromatic heterocycles. The van der Waals surface area contributed by atoms with Crippen LogP contribution in [0.5, 0.6) is 5.75 Å². The highest BCUT2D eigenvalue weighted by Crippen LogP contribution is 2.32. The van der Waals surface area contributed by atoms with Gasteiger partial charge in [-0.1, -0.05) is 56.3 Å². The Morgan fingerprint density at radius 1 is 1.00 bits per heavy atom. The summed E-state index contributed by atoms with van der Waals surface area (Å²) in [6.45, 7) is 6.47. The number of hydrogen-bond acceptors (Lipinski definition) is 6. The first-order valence-electron chi connectivity index (χ1n) is 11.7. The largest absolute Gasteiger partial charge is 0.486 e. The molecular weight excluding hydrogens is 458 g/mol. The zero-order valence-corrected chi connectivity index (χ0v) is 20.8. The van der Waals surface area contributed by atoms with Crippen LogP contribution in [0, 0.1) is 0 Å². The maximum atomic E-state index is 12.7. The molecular formula is C28H29N3O5. The topological polar surface area (TPSA) is 95.6 Å². The molecule has 0 saturated heterocycles. The molecule has 186 valence electrons. The predicted octanol–water partition coefficient (Wildman–Crippen LogP) is 5.35. The first-order valence-corrected chi connectivity index (χ1v) is 11.7. The van der Waals surface area contributed by atoms with Gasteiger partial charge in [-0.15, -0.1) is 0 Å². The standard InChI is InChI=1S/C28H29N3O5/c1-5-34-27(33)23-17-29-31(4)25(23)30-26(32)24-16-15-22(36-24)18-35-21-13-11-20(12-14-21)28(2,3)19-9-7-6-8-10-19/h6-17H,5,18H2,1-4H3,(H,30,32). The Morgan fingerprint density at radius 3 is 2.39 bits per heavy atom. The van der Waals surface area contributed by atoms with Crippen molar-refractivity contribution in [3.05, 3.63) is 101 Å². The molecule has 0 aliphatic heterocycles. The fraction of sp³-hybridized carbons (Fsp3) is 0.250. The highest BCUT2D eigenvalue weighted by Gasteiger charge is 2.23. The van der Waals surface area contributed by atoms with Crippen molar-refractivity contribution in [3.63, 3.8) is 0 Å². The summed E-state index contributed by atoms with van der Waals surface area (Å²) >= 11 is 0. The van der Waals surface area contributed by atoms with Crippen molar-refractivity contribution < 1.29 is 23.5 Å². The Bertz CT molecular complexity index is 1340. The molecule has 8 nitrogen and oxygen atoms in total. The molecule has 2 heterocycles. The zero-order valence-electron chi connectivity index (χ0n) is 20.8. The van der Waals surface area contributed by atoms with Crippen LogP contribution in [0.4, 0.5) is 5.82 Å². The average molecular weight is 488 g/mol. The molecule has 0 spiro atoms. The number of esters is 1. The van der Waals surface area contributed by atoms with Crippen molar-refractivity contribution in [2.75, 3.05) is 11.9 Å². The van der Waals surface area contributed by atoms with E-state index in [-0.39, 0.29) is 35.8 Å². The van der Waals surface area contributed by atoms with Gasteiger partial charge in [-0.05, 0) is 42.3 Å². The Morgan fingerprint density at radius 2 is 1.69 bits per heavy atom. The van der Waals surface area contributed by atoms with E-state index < -0.39 is 11.9 Å². The van der Waals surface area contributed by atoms with E-state index in [1.54, 1.807) is 26.1 Å². The Kier molecular flexibility index (Phi) is 7.24. The number of nitrogens with one attached hydrogen (secondary N) is 1. The Balaban J connectivity index is 1.38. The van der Waals surface area contributed by atoms with Crippen LogP contribution in [0.15, 0.2) is 77.3 Å². The van der Waals surface area contributed by atoms with Crippen LogP contribution in [0.1, 0.15) is 58.6 Å². The quantitative estimate of drug-likeness (QED) is 0.320. The van der Waals surface area contributed by atoms with Crippen molar-refractivity contribution in [1.29, 1.82) is 0 Å². The number of nitrogens with zero attached hydrogens (tertiary/aromatic N) is 2. The van der Waals surface area contributed by atoms with E-state index in [2.05, 4.69) is 48.5 Å². The van der Waals surface area contributed by atoms with Gasteiger partial charge in [-0.2, -0.15) is 5.10 Å². The lowest BCUT2D eigenvalue weighted by Gasteiger charge is -2.26. The number of carbonyl (C=O) groups excluding carboxylic acids is 2. The smallest absolute Gasteiger partial charge is 0.343 e. The molecule has 2 aromatic carbocycles. The SMILES string of the molecule is CCOC(=O)c1cnn(C)c1NC(=O)c1ccc(COc2ccc(C(C)(C)c3ccccc3)cc2)o1. The van der Waals surface area contributed by atoms with Crippen molar-refractivity contribution in [2.45, 2.75) is 32.8 Å². The first kappa shape index (κ1) is 24.8. The highest BCUT2D eigenvalue weighted by atomic mass is 16.5. The van der Waals surface area contributed by atoms with E-state index in [9.17, 15) is 9.59 Å². The first-order chi connectivity index (χ1) is 17.3. The van der Waals surface area contributed by atoms with Crippen LogP contribution in [0.2, 0.25) is 0 Å². The van der Waals surface area contributed by atoms with Crippen LogP contribution >= 0.6 is 0 Å². The zero-order chi connectivity index (χ0) is 25.7. The fourth-order valence-electron chi connectivity index (χ4n) is 3.83. The summed E-state index contributed by atoms with van der Waals surface area (Å²) in [5.74, 6) is 0.426. The van der Waals surface area contributed by atoms with Gasteiger partial charge in [0.2, 0.25) is 0 Å². The second-order valence-electron chi connectivity index (χ2n) is 8.78. The van der Waals surface area contributed by atoms with Crippen LogP contribution in [0.3, 0.4) is 0 Å². The van der Waals surface area contributed by atoms with Gasteiger partial charge < -0.3 is 19.2 Å². The van der Waals surface area contributed by atoms with E-state index in [4.69, 9.17) is 13.9 Å². The fourth-order valence-corrected chi connectivity index (χ4v) is 3.83. The van der Waals surface area contributed by atoms with E-state index in [0.717, 1.165) is 0 Å². The minimum atomic E-state index is -0.562. The molecule has 1 amide bonds. The maximum absolute atomic E-state index is 12.7. The number of benzene rings is 2. The summed E-state index contributed by atoms with van der Waals surface area (Å²) in [7, 11) is 1.62. The van der Waals surface area contributed by atoms with E-state index in [1.807, 2.05) is 30.3 Å². The predicted molar refractivity (Wildman–Crippen MR) is 135 cm³/mol. The lowest BCUT2D eigenvalue weighted by Crippen LogP contribution is -2.18. The molecule has 4 aromatic rings. The van der Waals surface area contributed by atoms with Gasteiger partial charge in [0.15, 0.2) is 5.76 Å². The summed E-state index contributed by atoms with van der Waals surface area (Å²) in [5, 5.41) is 6.69. The van der Waals surface area contributed by atoms with Crippen molar-refractivity contribution in [1.82, 2.24) is 9.78 Å². The normalized spacial score (nSPS) is 11.2. The molecule has 0 unspecified atom stereocenters. The molecule has 0 aliphatic rings. The molecule has 0 fully saturated rings. The van der Waals surface area contributed by atoms with Crippen LogP contribution < -0.4 is 10.1 Å². The number of aryl methyl sites for hydroxylation is 1. The van der Waals surface area contributed by atoms with Gasteiger partial charge >= 0.3 is 5.97 Å². The molecule has 36 heavy (non-hydrogen) atoms.